The standard InChI is InChI=1S/C20H18FN5O3/c1-25-19(28)15-3-2-6-26(18(15)20(25)29)11-17(27)24-14-4-5-16(23-10-14)12-7-13(21)9-22-8-12/h4-5,7-10H,2-3,6,11H2,1H3,(H,24,27). The van der Waals surface area contributed by atoms with Crippen molar-refractivity contribution in [3.05, 3.63) is 53.9 Å². The molecule has 0 saturated heterocycles. The van der Waals surface area contributed by atoms with Gasteiger partial charge in [-0.1, -0.05) is 0 Å². The van der Waals surface area contributed by atoms with Gasteiger partial charge in [-0.15, -0.1) is 0 Å². The van der Waals surface area contributed by atoms with E-state index in [-0.39, 0.29) is 24.3 Å². The Morgan fingerprint density at radius 1 is 1.21 bits per heavy atom. The molecule has 0 fully saturated rings. The minimum Gasteiger partial charge on any atom is -0.357 e. The summed E-state index contributed by atoms with van der Waals surface area (Å²) in [6, 6.07) is 4.64. The number of likely N-dealkylation sites (N-methyl/N-ethyl adjacent to an activating group) is 1. The first kappa shape index (κ1) is 18.7. The molecular weight excluding hydrogens is 377 g/mol. The highest BCUT2D eigenvalue weighted by Crippen LogP contribution is 2.30. The van der Waals surface area contributed by atoms with Crippen molar-refractivity contribution in [2.24, 2.45) is 0 Å². The number of hydrogen-bond donors (Lipinski definition) is 1. The van der Waals surface area contributed by atoms with Crippen LogP contribution in [0.5, 0.6) is 0 Å². The maximum atomic E-state index is 13.3. The Morgan fingerprint density at radius 2 is 2.03 bits per heavy atom. The number of pyridine rings is 2. The SMILES string of the molecule is CN1C(=O)C2=C(C1=O)N(CC(=O)Nc1ccc(-c3cncc(F)c3)nc1)CCC2. The third-order valence-corrected chi connectivity index (χ3v) is 4.91. The van der Waals surface area contributed by atoms with Gasteiger partial charge in [0.05, 0.1) is 30.3 Å². The van der Waals surface area contributed by atoms with Gasteiger partial charge in [0.25, 0.3) is 11.8 Å². The summed E-state index contributed by atoms with van der Waals surface area (Å²) in [7, 11) is 1.45. The topological polar surface area (TPSA) is 95.5 Å². The average Bonchev–Trinajstić information content (AvgIpc) is 2.93. The summed E-state index contributed by atoms with van der Waals surface area (Å²) in [6.45, 7) is 0.490. The Hall–Kier alpha value is -3.62. The van der Waals surface area contributed by atoms with Gasteiger partial charge in [0, 0.05) is 30.9 Å². The maximum Gasteiger partial charge on any atom is 0.277 e. The van der Waals surface area contributed by atoms with Gasteiger partial charge in [-0.25, -0.2) is 4.39 Å². The second kappa shape index (κ2) is 7.42. The van der Waals surface area contributed by atoms with Gasteiger partial charge in [-0.05, 0) is 31.0 Å². The van der Waals surface area contributed by atoms with E-state index in [4.69, 9.17) is 0 Å². The molecule has 0 saturated carbocycles. The molecule has 0 radical (unpaired) electrons. The van der Waals surface area contributed by atoms with Crippen LogP contribution >= 0.6 is 0 Å². The Morgan fingerprint density at radius 3 is 2.76 bits per heavy atom. The van der Waals surface area contributed by atoms with Crippen LogP contribution in [0.25, 0.3) is 11.3 Å². The summed E-state index contributed by atoms with van der Waals surface area (Å²) in [5, 5.41) is 2.73. The van der Waals surface area contributed by atoms with Gasteiger partial charge in [0.15, 0.2) is 0 Å². The summed E-state index contributed by atoms with van der Waals surface area (Å²) >= 11 is 0. The highest BCUT2D eigenvalue weighted by Gasteiger charge is 2.40. The first-order valence-electron chi connectivity index (χ1n) is 9.11. The van der Waals surface area contributed by atoms with Crippen molar-refractivity contribution in [2.45, 2.75) is 12.8 Å². The molecule has 3 amide bonds. The third-order valence-electron chi connectivity index (χ3n) is 4.91. The molecule has 29 heavy (non-hydrogen) atoms. The molecule has 4 rings (SSSR count). The van der Waals surface area contributed by atoms with E-state index in [1.807, 2.05) is 0 Å². The quantitative estimate of drug-likeness (QED) is 0.790. The molecule has 9 heteroatoms. The molecule has 0 atom stereocenters. The van der Waals surface area contributed by atoms with Gasteiger partial charge in [0.1, 0.15) is 11.5 Å². The van der Waals surface area contributed by atoms with Crippen LogP contribution in [0, 0.1) is 5.82 Å². The first-order chi connectivity index (χ1) is 13.9. The van der Waals surface area contributed by atoms with Crippen LogP contribution < -0.4 is 5.32 Å². The molecule has 0 spiro atoms. The number of carbonyl (C=O) groups excluding carboxylic acids is 3. The van der Waals surface area contributed by atoms with Gasteiger partial charge < -0.3 is 10.2 Å². The lowest BCUT2D eigenvalue weighted by atomic mass is 10.0. The van der Waals surface area contributed by atoms with Gasteiger partial charge in [-0.2, -0.15) is 0 Å². The van der Waals surface area contributed by atoms with Crippen LogP contribution in [-0.2, 0) is 14.4 Å². The van der Waals surface area contributed by atoms with Crippen LogP contribution in [0.2, 0.25) is 0 Å². The third kappa shape index (κ3) is 3.58. The largest absolute Gasteiger partial charge is 0.357 e. The van der Waals surface area contributed by atoms with Crippen molar-refractivity contribution in [1.29, 1.82) is 0 Å². The second-order valence-electron chi connectivity index (χ2n) is 6.89. The lowest BCUT2D eigenvalue weighted by Crippen LogP contribution is -2.38. The van der Waals surface area contributed by atoms with E-state index in [1.165, 1.54) is 25.5 Å². The molecule has 2 aliphatic heterocycles. The van der Waals surface area contributed by atoms with E-state index < -0.39 is 5.82 Å². The number of aromatic nitrogens is 2. The average molecular weight is 395 g/mol. The molecule has 2 aliphatic rings. The number of halogens is 1. The van der Waals surface area contributed by atoms with E-state index in [1.54, 1.807) is 17.0 Å². The Balaban J connectivity index is 1.44. The molecular formula is C20H18FN5O3. The molecule has 148 valence electrons. The number of hydrogen-bond acceptors (Lipinski definition) is 6. The fourth-order valence-corrected chi connectivity index (χ4v) is 3.52. The molecule has 8 nitrogen and oxygen atoms in total. The van der Waals surface area contributed by atoms with Crippen molar-refractivity contribution < 1.29 is 18.8 Å². The fourth-order valence-electron chi connectivity index (χ4n) is 3.52. The Kier molecular flexibility index (Phi) is 4.79. The minimum atomic E-state index is -0.456. The number of rotatable bonds is 4. The smallest absolute Gasteiger partial charge is 0.277 e. The van der Waals surface area contributed by atoms with Crippen molar-refractivity contribution >= 4 is 23.4 Å². The van der Waals surface area contributed by atoms with E-state index >= 15 is 0 Å². The van der Waals surface area contributed by atoms with E-state index in [0.717, 1.165) is 11.1 Å². The highest BCUT2D eigenvalue weighted by atomic mass is 19.1. The summed E-state index contributed by atoms with van der Waals surface area (Å²) in [6.07, 6.45) is 5.33. The van der Waals surface area contributed by atoms with Crippen molar-refractivity contribution in [3.63, 3.8) is 0 Å². The Labute approximate surface area is 166 Å². The lowest BCUT2D eigenvalue weighted by molar-refractivity contribution is -0.136. The van der Waals surface area contributed by atoms with Crippen LogP contribution in [-0.4, -0.2) is 57.6 Å². The normalized spacial score (nSPS) is 16.3. The first-order valence-corrected chi connectivity index (χ1v) is 9.11. The molecule has 0 aromatic carbocycles. The summed E-state index contributed by atoms with van der Waals surface area (Å²) < 4.78 is 13.3. The summed E-state index contributed by atoms with van der Waals surface area (Å²) in [4.78, 5) is 47.7. The van der Waals surface area contributed by atoms with Crippen molar-refractivity contribution in [1.82, 2.24) is 19.8 Å². The number of imide groups is 1. The molecule has 4 heterocycles. The number of nitrogens with zero attached hydrogens (tertiary/aromatic N) is 4. The molecule has 0 unspecified atom stereocenters. The fraction of sp³-hybridized carbons (Fsp3) is 0.250. The minimum absolute atomic E-state index is 0.0404. The summed E-state index contributed by atoms with van der Waals surface area (Å²) in [5.74, 6) is -1.44. The molecule has 2 aromatic rings. The van der Waals surface area contributed by atoms with Gasteiger partial charge in [-0.3, -0.25) is 29.3 Å². The lowest BCUT2D eigenvalue weighted by Gasteiger charge is -2.28. The Bertz CT molecular complexity index is 1030. The predicted octanol–water partition coefficient (Wildman–Crippen LogP) is 1.57. The zero-order chi connectivity index (χ0) is 20.5. The molecule has 1 N–H and O–H groups in total. The number of amides is 3. The van der Waals surface area contributed by atoms with E-state index in [9.17, 15) is 18.8 Å². The monoisotopic (exact) mass is 395 g/mol. The number of nitrogens with one attached hydrogen (secondary N) is 1. The molecule has 2 aromatic heterocycles. The van der Waals surface area contributed by atoms with Crippen LogP contribution in [0.3, 0.4) is 0 Å². The van der Waals surface area contributed by atoms with E-state index in [0.29, 0.717) is 47.6 Å². The zero-order valence-electron chi connectivity index (χ0n) is 15.7. The van der Waals surface area contributed by atoms with E-state index in [2.05, 4.69) is 15.3 Å². The van der Waals surface area contributed by atoms with Crippen LogP contribution in [0.1, 0.15) is 12.8 Å². The highest BCUT2D eigenvalue weighted by molar-refractivity contribution is 6.19. The van der Waals surface area contributed by atoms with Crippen LogP contribution in [0.4, 0.5) is 10.1 Å². The van der Waals surface area contributed by atoms with Gasteiger partial charge in [0.2, 0.25) is 5.91 Å². The van der Waals surface area contributed by atoms with Crippen molar-refractivity contribution in [2.75, 3.05) is 25.5 Å². The number of anilines is 1. The molecule has 0 bridgehead atoms. The summed E-state index contributed by atoms with van der Waals surface area (Å²) in [5.41, 5.74) is 2.33. The predicted molar refractivity (Wildman–Crippen MR) is 102 cm³/mol. The molecule has 0 aliphatic carbocycles. The van der Waals surface area contributed by atoms with Gasteiger partial charge >= 0.3 is 0 Å². The zero-order valence-corrected chi connectivity index (χ0v) is 15.7. The van der Waals surface area contributed by atoms with Crippen molar-refractivity contribution in [3.8, 4) is 11.3 Å². The number of carbonyl (C=O) groups is 3. The maximum absolute atomic E-state index is 13.3. The second-order valence-corrected chi connectivity index (χ2v) is 6.89. The van der Waals surface area contributed by atoms with Crippen LogP contribution in [0.15, 0.2) is 48.1 Å².